The third-order valence-electron chi connectivity index (χ3n) is 7.86. The number of imide groups is 1. The van der Waals surface area contributed by atoms with Gasteiger partial charge in [-0.2, -0.15) is 0 Å². The van der Waals surface area contributed by atoms with E-state index in [2.05, 4.69) is 45.0 Å². The lowest BCUT2D eigenvalue weighted by molar-refractivity contribution is -0.0112. The van der Waals surface area contributed by atoms with Crippen LogP contribution < -0.4 is 10.4 Å². The molecule has 0 aromatic heterocycles. The van der Waals surface area contributed by atoms with Gasteiger partial charge in [-0.15, -0.1) is 0 Å². The summed E-state index contributed by atoms with van der Waals surface area (Å²) in [6.07, 6.45) is -2.09. The van der Waals surface area contributed by atoms with E-state index in [1.807, 2.05) is 36.4 Å². The minimum Gasteiger partial charge on any atom is -0.407 e. The van der Waals surface area contributed by atoms with Crippen LogP contribution in [0.2, 0.25) is 5.04 Å². The lowest BCUT2D eigenvalue weighted by atomic mass is 10.1. The van der Waals surface area contributed by atoms with Gasteiger partial charge in [-0.1, -0.05) is 93.6 Å². The first kappa shape index (κ1) is 25.5. The Morgan fingerprint density at radius 1 is 0.784 bits per heavy atom. The molecule has 2 amide bonds. The third kappa shape index (κ3) is 4.16. The van der Waals surface area contributed by atoms with Gasteiger partial charge in [-0.25, -0.2) is 0 Å². The normalized spacial score (nSPS) is 24.0. The molecule has 1 heterocycles. The second kappa shape index (κ2) is 9.65. The van der Waals surface area contributed by atoms with Gasteiger partial charge >= 0.3 is 0 Å². The van der Waals surface area contributed by atoms with E-state index in [0.29, 0.717) is 11.1 Å². The molecule has 7 heteroatoms. The van der Waals surface area contributed by atoms with Crippen LogP contribution in [0.15, 0.2) is 84.9 Å². The summed E-state index contributed by atoms with van der Waals surface area (Å²) in [6.45, 7) is 6.74. The number of rotatable bonds is 6. The Kier molecular flexibility index (Phi) is 6.66. The molecular formula is C30H33NO5Si. The van der Waals surface area contributed by atoms with Crippen molar-refractivity contribution in [2.75, 3.05) is 6.61 Å². The Morgan fingerprint density at radius 3 is 1.70 bits per heavy atom. The average molecular weight is 516 g/mol. The van der Waals surface area contributed by atoms with Crippen molar-refractivity contribution in [2.45, 2.75) is 50.5 Å². The lowest BCUT2D eigenvalue weighted by Crippen LogP contribution is -2.67. The third-order valence-corrected chi connectivity index (χ3v) is 12.9. The zero-order valence-corrected chi connectivity index (χ0v) is 22.4. The van der Waals surface area contributed by atoms with E-state index in [9.17, 15) is 19.8 Å². The van der Waals surface area contributed by atoms with Gasteiger partial charge in [0.05, 0.1) is 23.3 Å². The molecule has 1 saturated carbocycles. The molecule has 5 rings (SSSR count). The number of carbonyl (C=O) groups is 2. The number of hydrogen-bond acceptors (Lipinski definition) is 5. The molecule has 0 spiro atoms. The van der Waals surface area contributed by atoms with Gasteiger partial charge in [0.25, 0.3) is 20.1 Å². The molecule has 37 heavy (non-hydrogen) atoms. The number of aliphatic hydroxyl groups excluding tert-OH is 2. The van der Waals surface area contributed by atoms with E-state index in [1.165, 1.54) is 0 Å². The number of carbonyl (C=O) groups excluding carboxylic acids is 2. The van der Waals surface area contributed by atoms with E-state index < -0.39 is 44.3 Å². The van der Waals surface area contributed by atoms with Crippen LogP contribution in [0.5, 0.6) is 0 Å². The predicted molar refractivity (Wildman–Crippen MR) is 144 cm³/mol. The molecule has 3 aromatic rings. The number of hydrogen-bond donors (Lipinski definition) is 2. The monoisotopic (exact) mass is 515 g/mol. The van der Waals surface area contributed by atoms with Crippen molar-refractivity contribution in [3.8, 4) is 0 Å². The molecule has 3 aromatic carbocycles. The van der Waals surface area contributed by atoms with Gasteiger partial charge in [0.15, 0.2) is 0 Å². The van der Waals surface area contributed by atoms with E-state index in [0.717, 1.165) is 15.3 Å². The van der Waals surface area contributed by atoms with E-state index >= 15 is 0 Å². The van der Waals surface area contributed by atoms with Crippen LogP contribution in [0, 0.1) is 5.92 Å². The quantitative estimate of drug-likeness (QED) is 0.389. The molecule has 6 nitrogen and oxygen atoms in total. The highest BCUT2D eigenvalue weighted by molar-refractivity contribution is 6.99. The van der Waals surface area contributed by atoms with Crippen molar-refractivity contribution in [2.24, 2.45) is 5.92 Å². The highest BCUT2D eigenvalue weighted by atomic mass is 28.4. The van der Waals surface area contributed by atoms with Crippen molar-refractivity contribution in [1.29, 1.82) is 0 Å². The second-order valence-electron chi connectivity index (χ2n) is 11.0. The highest BCUT2D eigenvalue weighted by Gasteiger charge is 2.54. The molecule has 0 unspecified atom stereocenters. The molecule has 1 fully saturated rings. The van der Waals surface area contributed by atoms with Gasteiger partial charge in [0.1, 0.15) is 6.10 Å². The highest BCUT2D eigenvalue weighted by Crippen LogP contribution is 2.40. The predicted octanol–water partition coefficient (Wildman–Crippen LogP) is 2.97. The van der Waals surface area contributed by atoms with Crippen molar-refractivity contribution in [3.05, 3.63) is 96.1 Å². The van der Waals surface area contributed by atoms with E-state index in [4.69, 9.17) is 4.43 Å². The number of amides is 2. The minimum atomic E-state index is -2.84. The first-order chi connectivity index (χ1) is 17.7. The topological polar surface area (TPSA) is 87.1 Å². The fourth-order valence-corrected chi connectivity index (χ4v) is 10.6. The van der Waals surface area contributed by atoms with Gasteiger partial charge in [-0.3, -0.25) is 14.5 Å². The van der Waals surface area contributed by atoms with E-state index in [-0.39, 0.29) is 18.1 Å². The fraction of sp³-hybridized carbons (Fsp3) is 0.333. The summed E-state index contributed by atoms with van der Waals surface area (Å²) in [5, 5.41) is 24.1. The summed E-state index contributed by atoms with van der Waals surface area (Å²) in [6, 6.07) is 26.3. The van der Waals surface area contributed by atoms with Crippen molar-refractivity contribution in [3.63, 3.8) is 0 Å². The maximum absolute atomic E-state index is 13.1. The summed E-state index contributed by atoms with van der Waals surface area (Å²) in [5.74, 6) is -1.29. The number of aliphatic hydroxyl groups is 2. The minimum absolute atomic E-state index is 0.200. The molecular weight excluding hydrogens is 482 g/mol. The van der Waals surface area contributed by atoms with Crippen LogP contribution >= 0.6 is 0 Å². The zero-order chi connectivity index (χ0) is 26.4. The second-order valence-corrected chi connectivity index (χ2v) is 15.4. The summed E-state index contributed by atoms with van der Waals surface area (Å²) in [4.78, 5) is 27.2. The van der Waals surface area contributed by atoms with Gasteiger partial charge in [0, 0.05) is 12.5 Å². The van der Waals surface area contributed by atoms with Crippen LogP contribution in [-0.4, -0.2) is 60.1 Å². The van der Waals surface area contributed by atoms with Crippen molar-refractivity contribution >= 4 is 30.5 Å². The molecule has 2 N–H and O–H groups in total. The lowest BCUT2D eigenvalue weighted by Gasteiger charge is -2.43. The Hall–Kier alpha value is -3.10. The van der Waals surface area contributed by atoms with Crippen molar-refractivity contribution < 1.29 is 24.2 Å². The molecule has 1 aliphatic heterocycles. The average Bonchev–Trinajstić information content (AvgIpc) is 3.32. The zero-order valence-electron chi connectivity index (χ0n) is 21.4. The molecule has 1 aliphatic carbocycles. The Balaban J connectivity index is 1.45. The number of nitrogens with zero attached hydrogens (tertiary/aromatic N) is 1. The maximum atomic E-state index is 13.1. The SMILES string of the molecule is CC(C)(C)[Si](OC[C@H]1C[C@@H](N2C(=O)c3ccccc3C2=O)[C@H](O)[C@@H]1O)(c1ccccc1)c1ccccc1. The largest absolute Gasteiger partial charge is 0.407 e. The molecule has 2 aliphatic rings. The smallest absolute Gasteiger partial charge is 0.261 e. The van der Waals surface area contributed by atoms with Crippen LogP contribution in [0.25, 0.3) is 0 Å². The van der Waals surface area contributed by atoms with Crippen LogP contribution in [0.1, 0.15) is 47.9 Å². The summed E-state index contributed by atoms with van der Waals surface area (Å²) in [5.41, 5.74) is 0.669. The van der Waals surface area contributed by atoms with Crippen molar-refractivity contribution in [1.82, 2.24) is 4.90 Å². The molecule has 0 radical (unpaired) electrons. The van der Waals surface area contributed by atoms with Crippen LogP contribution in [-0.2, 0) is 4.43 Å². The number of benzene rings is 3. The molecule has 192 valence electrons. The summed E-state index contributed by atoms with van der Waals surface area (Å²) in [7, 11) is -2.84. The first-order valence-electron chi connectivity index (χ1n) is 12.7. The summed E-state index contributed by atoms with van der Waals surface area (Å²) >= 11 is 0. The first-order valence-corrected chi connectivity index (χ1v) is 14.7. The van der Waals surface area contributed by atoms with E-state index in [1.54, 1.807) is 24.3 Å². The molecule has 4 atom stereocenters. The fourth-order valence-electron chi connectivity index (χ4n) is 6.02. The Bertz CT molecular complexity index is 1220. The Labute approximate surface area is 218 Å². The molecule has 0 saturated heterocycles. The van der Waals surface area contributed by atoms with Crippen LogP contribution in [0.3, 0.4) is 0 Å². The Morgan fingerprint density at radius 2 is 1.24 bits per heavy atom. The van der Waals surface area contributed by atoms with Crippen LogP contribution in [0.4, 0.5) is 0 Å². The van der Waals surface area contributed by atoms with Gasteiger partial charge in [-0.05, 0) is 34.0 Å². The summed E-state index contributed by atoms with van der Waals surface area (Å²) < 4.78 is 6.97. The maximum Gasteiger partial charge on any atom is 0.261 e. The van der Waals surface area contributed by atoms with Gasteiger partial charge < -0.3 is 14.6 Å². The molecule has 0 bridgehead atoms. The standard InChI is InChI=1S/C30H33NO5Si/c1-30(2,3)37(21-12-6-4-7-13-21,22-14-8-5-9-15-22)36-19-20-18-25(27(33)26(20)32)31-28(34)23-16-10-11-17-24(23)29(31)35/h4-17,20,25-27,32-33H,18-19H2,1-3H3/t20-,25-,26-,27+/m1/s1. The van der Waals surface area contributed by atoms with Gasteiger partial charge in [0.2, 0.25) is 0 Å². The number of fused-ring (bicyclic) bond motifs is 1.